The van der Waals surface area contributed by atoms with Crippen LogP contribution in [0.1, 0.15) is 12.8 Å². The summed E-state index contributed by atoms with van der Waals surface area (Å²) >= 11 is 6.10. The summed E-state index contributed by atoms with van der Waals surface area (Å²) in [7, 11) is 0. The second-order valence-electron chi connectivity index (χ2n) is 4.95. The van der Waals surface area contributed by atoms with E-state index >= 15 is 0 Å². The Kier molecular flexibility index (Phi) is 3.61. The van der Waals surface area contributed by atoms with Gasteiger partial charge in [-0.05, 0) is 49.2 Å². The molecule has 0 spiro atoms. The number of benzene rings is 2. The number of carbonyl (C=O) groups is 1. The molecule has 1 aliphatic rings. The largest absolute Gasteiger partial charge is 0.354 e. The molecule has 2 aromatic carbocycles. The Labute approximate surface area is 123 Å². The fraction of sp³-hybridized carbons (Fsp3) is 0.188. The van der Waals surface area contributed by atoms with Crippen LogP contribution in [0.5, 0.6) is 0 Å². The number of amides is 1. The molecule has 1 fully saturated rings. The van der Waals surface area contributed by atoms with Crippen LogP contribution in [0, 0.1) is 5.92 Å². The predicted octanol–water partition coefficient (Wildman–Crippen LogP) is 4.43. The summed E-state index contributed by atoms with van der Waals surface area (Å²) in [6.07, 6.45) is 2.02. The molecule has 4 heteroatoms. The van der Waals surface area contributed by atoms with Gasteiger partial charge in [-0.3, -0.25) is 4.79 Å². The second kappa shape index (κ2) is 5.55. The van der Waals surface area contributed by atoms with E-state index in [4.69, 9.17) is 11.6 Å². The summed E-state index contributed by atoms with van der Waals surface area (Å²) in [6.45, 7) is 0. The van der Waals surface area contributed by atoms with Crippen molar-refractivity contribution < 1.29 is 4.79 Å². The first-order valence-corrected chi connectivity index (χ1v) is 7.02. The van der Waals surface area contributed by atoms with Crippen LogP contribution in [0.15, 0.2) is 48.5 Å². The van der Waals surface area contributed by atoms with E-state index in [9.17, 15) is 4.79 Å². The average Bonchev–Trinajstić information content (AvgIpc) is 3.28. The average molecular weight is 287 g/mol. The molecule has 0 unspecified atom stereocenters. The molecule has 3 nitrogen and oxygen atoms in total. The van der Waals surface area contributed by atoms with E-state index in [-0.39, 0.29) is 11.8 Å². The lowest BCUT2D eigenvalue weighted by Crippen LogP contribution is -2.13. The van der Waals surface area contributed by atoms with Crippen molar-refractivity contribution in [3.05, 3.63) is 53.6 Å². The zero-order valence-electron chi connectivity index (χ0n) is 10.9. The topological polar surface area (TPSA) is 41.1 Å². The van der Waals surface area contributed by atoms with Crippen molar-refractivity contribution in [3.8, 4) is 0 Å². The van der Waals surface area contributed by atoms with Crippen molar-refractivity contribution in [1.82, 2.24) is 0 Å². The number of anilines is 3. The first kappa shape index (κ1) is 13.0. The standard InChI is InChI=1S/C16H15ClN2O/c17-14-3-1-2-4-15(14)18-12-7-9-13(10-8-12)19-16(20)11-5-6-11/h1-4,7-11,18H,5-6H2,(H,19,20). The summed E-state index contributed by atoms with van der Waals surface area (Å²) in [5.74, 6) is 0.340. The lowest BCUT2D eigenvalue weighted by molar-refractivity contribution is -0.117. The minimum atomic E-state index is 0.122. The van der Waals surface area contributed by atoms with Gasteiger partial charge in [0.25, 0.3) is 0 Å². The zero-order chi connectivity index (χ0) is 13.9. The van der Waals surface area contributed by atoms with E-state index in [1.54, 1.807) is 0 Å². The van der Waals surface area contributed by atoms with E-state index in [2.05, 4.69) is 10.6 Å². The molecule has 0 aromatic heterocycles. The van der Waals surface area contributed by atoms with Gasteiger partial charge in [-0.2, -0.15) is 0 Å². The molecular formula is C16H15ClN2O. The first-order chi connectivity index (χ1) is 9.72. The summed E-state index contributed by atoms with van der Waals surface area (Å²) in [5.41, 5.74) is 2.62. The Balaban J connectivity index is 1.66. The molecule has 102 valence electrons. The number of rotatable bonds is 4. The molecule has 0 saturated heterocycles. The second-order valence-corrected chi connectivity index (χ2v) is 5.35. The number of hydrogen-bond acceptors (Lipinski definition) is 2. The number of para-hydroxylation sites is 1. The Morgan fingerprint density at radius 2 is 1.65 bits per heavy atom. The van der Waals surface area contributed by atoms with Crippen LogP contribution in [0.4, 0.5) is 17.1 Å². The molecule has 1 amide bonds. The molecule has 0 bridgehead atoms. The van der Waals surface area contributed by atoms with Gasteiger partial charge in [0.15, 0.2) is 0 Å². The Bertz CT molecular complexity index is 621. The van der Waals surface area contributed by atoms with Crippen LogP contribution in [-0.4, -0.2) is 5.91 Å². The fourth-order valence-corrected chi connectivity index (χ4v) is 2.13. The van der Waals surface area contributed by atoms with Crippen molar-refractivity contribution in [2.24, 2.45) is 5.92 Å². The maximum atomic E-state index is 11.7. The van der Waals surface area contributed by atoms with Crippen molar-refractivity contribution in [2.45, 2.75) is 12.8 Å². The van der Waals surface area contributed by atoms with Gasteiger partial charge in [0, 0.05) is 17.3 Å². The van der Waals surface area contributed by atoms with Crippen LogP contribution in [0.3, 0.4) is 0 Å². The molecule has 2 N–H and O–H groups in total. The SMILES string of the molecule is O=C(Nc1ccc(Nc2ccccc2Cl)cc1)C1CC1. The number of nitrogens with one attached hydrogen (secondary N) is 2. The first-order valence-electron chi connectivity index (χ1n) is 6.65. The molecule has 0 heterocycles. The van der Waals surface area contributed by atoms with Crippen molar-refractivity contribution >= 4 is 34.6 Å². The molecule has 1 saturated carbocycles. The third-order valence-electron chi connectivity index (χ3n) is 3.25. The summed E-state index contributed by atoms with van der Waals surface area (Å²) in [6, 6.07) is 15.2. The minimum absolute atomic E-state index is 0.122. The van der Waals surface area contributed by atoms with Crippen molar-refractivity contribution in [2.75, 3.05) is 10.6 Å². The highest BCUT2D eigenvalue weighted by atomic mass is 35.5. The highest BCUT2D eigenvalue weighted by Crippen LogP contribution is 2.30. The number of carbonyl (C=O) groups excluding carboxylic acids is 1. The van der Waals surface area contributed by atoms with Gasteiger partial charge in [0.1, 0.15) is 0 Å². The molecule has 0 aliphatic heterocycles. The Hall–Kier alpha value is -2.00. The molecule has 2 aromatic rings. The van der Waals surface area contributed by atoms with Gasteiger partial charge in [0.05, 0.1) is 10.7 Å². The van der Waals surface area contributed by atoms with E-state index in [1.807, 2.05) is 48.5 Å². The molecular weight excluding hydrogens is 272 g/mol. The van der Waals surface area contributed by atoms with Gasteiger partial charge in [-0.1, -0.05) is 23.7 Å². The monoisotopic (exact) mass is 286 g/mol. The van der Waals surface area contributed by atoms with Gasteiger partial charge in [-0.25, -0.2) is 0 Å². The summed E-state index contributed by atoms with van der Waals surface area (Å²) < 4.78 is 0. The molecule has 3 rings (SSSR count). The van der Waals surface area contributed by atoms with Crippen LogP contribution in [-0.2, 0) is 4.79 Å². The number of hydrogen-bond donors (Lipinski definition) is 2. The van der Waals surface area contributed by atoms with Crippen LogP contribution < -0.4 is 10.6 Å². The van der Waals surface area contributed by atoms with Gasteiger partial charge >= 0.3 is 0 Å². The van der Waals surface area contributed by atoms with Gasteiger partial charge in [-0.15, -0.1) is 0 Å². The molecule has 20 heavy (non-hydrogen) atoms. The fourth-order valence-electron chi connectivity index (χ4n) is 1.94. The highest BCUT2D eigenvalue weighted by Gasteiger charge is 2.29. The summed E-state index contributed by atoms with van der Waals surface area (Å²) in [5, 5.41) is 6.84. The maximum absolute atomic E-state index is 11.7. The third kappa shape index (κ3) is 3.11. The predicted molar refractivity (Wildman–Crippen MR) is 82.5 cm³/mol. The van der Waals surface area contributed by atoms with Crippen LogP contribution in [0.25, 0.3) is 0 Å². The molecule has 0 atom stereocenters. The highest BCUT2D eigenvalue weighted by molar-refractivity contribution is 6.33. The zero-order valence-corrected chi connectivity index (χ0v) is 11.7. The van der Waals surface area contributed by atoms with Crippen molar-refractivity contribution in [1.29, 1.82) is 0 Å². The van der Waals surface area contributed by atoms with E-state index in [0.29, 0.717) is 5.02 Å². The Morgan fingerprint density at radius 1 is 1.00 bits per heavy atom. The third-order valence-corrected chi connectivity index (χ3v) is 3.58. The van der Waals surface area contributed by atoms with Gasteiger partial charge < -0.3 is 10.6 Å². The van der Waals surface area contributed by atoms with E-state index < -0.39 is 0 Å². The summed E-state index contributed by atoms with van der Waals surface area (Å²) in [4.78, 5) is 11.7. The lowest BCUT2D eigenvalue weighted by Gasteiger charge is -2.09. The van der Waals surface area contributed by atoms with Crippen molar-refractivity contribution in [3.63, 3.8) is 0 Å². The normalized spacial score (nSPS) is 13.8. The van der Waals surface area contributed by atoms with E-state index in [0.717, 1.165) is 29.9 Å². The Morgan fingerprint density at radius 3 is 2.30 bits per heavy atom. The van der Waals surface area contributed by atoms with Crippen LogP contribution in [0.2, 0.25) is 5.02 Å². The molecule has 1 aliphatic carbocycles. The lowest BCUT2D eigenvalue weighted by atomic mass is 10.2. The number of halogens is 1. The maximum Gasteiger partial charge on any atom is 0.227 e. The smallest absolute Gasteiger partial charge is 0.227 e. The minimum Gasteiger partial charge on any atom is -0.354 e. The van der Waals surface area contributed by atoms with E-state index in [1.165, 1.54) is 0 Å². The quantitative estimate of drug-likeness (QED) is 0.873. The molecule has 0 radical (unpaired) electrons. The van der Waals surface area contributed by atoms with Gasteiger partial charge in [0.2, 0.25) is 5.91 Å². The van der Waals surface area contributed by atoms with Crippen LogP contribution >= 0.6 is 11.6 Å².